The largest absolute Gasteiger partial charge is 0.330 e. The van der Waals surface area contributed by atoms with Crippen molar-refractivity contribution in [3.8, 4) is 0 Å². The minimum absolute atomic E-state index is 0.0271. The Morgan fingerprint density at radius 3 is 2.81 bits per heavy atom. The molecule has 0 heterocycles. The Hall–Kier alpha value is -1.06. The van der Waals surface area contributed by atoms with Gasteiger partial charge in [-0.25, -0.2) is 0 Å². The number of halogens is 1. The zero-order chi connectivity index (χ0) is 11.8. The molecule has 3 nitrogen and oxygen atoms in total. The molecule has 1 aromatic rings. The van der Waals surface area contributed by atoms with Gasteiger partial charge in [0.1, 0.15) is 0 Å². The summed E-state index contributed by atoms with van der Waals surface area (Å²) >= 11 is 5.81. The summed E-state index contributed by atoms with van der Waals surface area (Å²) < 4.78 is 0. The fraction of sp³-hybridized carbons (Fsp3) is 0.417. The van der Waals surface area contributed by atoms with E-state index >= 15 is 0 Å². The van der Waals surface area contributed by atoms with Crippen molar-refractivity contribution in [1.29, 1.82) is 0 Å². The van der Waals surface area contributed by atoms with E-state index in [1.807, 2.05) is 12.1 Å². The van der Waals surface area contributed by atoms with Crippen molar-refractivity contribution >= 4 is 23.2 Å². The highest BCUT2D eigenvalue weighted by molar-refractivity contribution is 6.30. The Morgan fingerprint density at radius 2 is 2.12 bits per heavy atom. The van der Waals surface area contributed by atoms with Crippen LogP contribution in [0.1, 0.15) is 25.7 Å². The molecule has 1 rings (SSSR count). The monoisotopic (exact) mass is 240 g/mol. The average Bonchev–Trinajstić information content (AvgIpc) is 2.24. The third kappa shape index (κ3) is 5.14. The van der Waals surface area contributed by atoms with Gasteiger partial charge in [-0.3, -0.25) is 4.79 Å². The second-order valence-corrected chi connectivity index (χ2v) is 4.09. The fourth-order valence-corrected chi connectivity index (χ4v) is 1.59. The molecular formula is C12H17ClN2O. The molecule has 0 saturated carbocycles. The predicted molar refractivity (Wildman–Crippen MR) is 67.6 cm³/mol. The number of hydrogen-bond donors (Lipinski definition) is 2. The van der Waals surface area contributed by atoms with Crippen LogP contribution in [0, 0.1) is 0 Å². The number of nitrogens with one attached hydrogen (secondary N) is 1. The van der Waals surface area contributed by atoms with E-state index in [2.05, 4.69) is 5.32 Å². The lowest BCUT2D eigenvalue weighted by Gasteiger charge is -2.05. The van der Waals surface area contributed by atoms with Crippen LogP contribution in [-0.4, -0.2) is 12.5 Å². The summed E-state index contributed by atoms with van der Waals surface area (Å²) in [7, 11) is 0. The second-order valence-electron chi connectivity index (χ2n) is 3.66. The zero-order valence-electron chi connectivity index (χ0n) is 9.21. The Labute approximate surface area is 101 Å². The van der Waals surface area contributed by atoms with Gasteiger partial charge in [0, 0.05) is 17.1 Å². The Balaban J connectivity index is 2.29. The van der Waals surface area contributed by atoms with Crippen molar-refractivity contribution in [3.05, 3.63) is 29.3 Å². The van der Waals surface area contributed by atoms with Gasteiger partial charge in [-0.1, -0.05) is 24.1 Å². The highest BCUT2D eigenvalue weighted by atomic mass is 35.5. The zero-order valence-corrected chi connectivity index (χ0v) is 9.96. The molecular weight excluding hydrogens is 224 g/mol. The molecule has 1 amide bonds. The first-order valence-electron chi connectivity index (χ1n) is 5.48. The number of anilines is 1. The van der Waals surface area contributed by atoms with Crippen LogP contribution in [0.2, 0.25) is 5.02 Å². The molecule has 0 aromatic heterocycles. The van der Waals surface area contributed by atoms with Crippen LogP contribution in [0.15, 0.2) is 24.3 Å². The third-order valence-electron chi connectivity index (χ3n) is 2.22. The molecule has 0 spiro atoms. The van der Waals surface area contributed by atoms with E-state index in [1.165, 1.54) is 0 Å². The van der Waals surface area contributed by atoms with Crippen LogP contribution >= 0.6 is 11.6 Å². The first kappa shape index (κ1) is 13.0. The lowest BCUT2D eigenvalue weighted by Crippen LogP contribution is -2.11. The molecule has 4 heteroatoms. The van der Waals surface area contributed by atoms with Gasteiger partial charge in [-0.2, -0.15) is 0 Å². The van der Waals surface area contributed by atoms with Crippen LogP contribution in [0.3, 0.4) is 0 Å². The van der Waals surface area contributed by atoms with E-state index in [4.69, 9.17) is 17.3 Å². The van der Waals surface area contributed by atoms with Crippen molar-refractivity contribution in [2.45, 2.75) is 25.7 Å². The molecule has 0 atom stereocenters. The highest BCUT2D eigenvalue weighted by Gasteiger charge is 2.02. The number of amides is 1. The summed E-state index contributed by atoms with van der Waals surface area (Å²) in [5.74, 6) is 0.0271. The molecule has 3 N–H and O–H groups in total. The number of benzene rings is 1. The van der Waals surface area contributed by atoms with Gasteiger partial charge in [0.15, 0.2) is 0 Å². The maximum atomic E-state index is 11.5. The Bertz CT molecular complexity index is 342. The van der Waals surface area contributed by atoms with Gasteiger partial charge in [0.05, 0.1) is 0 Å². The van der Waals surface area contributed by atoms with E-state index in [-0.39, 0.29) is 5.91 Å². The van der Waals surface area contributed by atoms with Crippen LogP contribution in [0.5, 0.6) is 0 Å². The van der Waals surface area contributed by atoms with Gasteiger partial charge < -0.3 is 11.1 Å². The summed E-state index contributed by atoms with van der Waals surface area (Å²) in [6.45, 7) is 0.690. The van der Waals surface area contributed by atoms with E-state index in [1.54, 1.807) is 12.1 Å². The van der Waals surface area contributed by atoms with Crippen LogP contribution in [0.4, 0.5) is 5.69 Å². The number of carbonyl (C=O) groups is 1. The number of unbranched alkanes of at least 4 members (excludes halogenated alkanes) is 2. The van der Waals surface area contributed by atoms with Gasteiger partial charge in [0.2, 0.25) is 5.91 Å². The number of carbonyl (C=O) groups excluding carboxylic acids is 1. The topological polar surface area (TPSA) is 55.1 Å². The fourth-order valence-electron chi connectivity index (χ4n) is 1.40. The summed E-state index contributed by atoms with van der Waals surface area (Å²) in [6.07, 6.45) is 3.39. The van der Waals surface area contributed by atoms with Crippen molar-refractivity contribution in [2.24, 2.45) is 5.73 Å². The number of rotatable bonds is 6. The summed E-state index contributed by atoms with van der Waals surface area (Å²) in [6, 6.07) is 7.15. The molecule has 88 valence electrons. The number of hydrogen-bond acceptors (Lipinski definition) is 2. The van der Waals surface area contributed by atoms with Crippen LogP contribution in [-0.2, 0) is 4.79 Å². The van der Waals surface area contributed by atoms with Crippen molar-refractivity contribution in [2.75, 3.05) is 11.9 Å². The molecule has 0 aliphatic heterocycles. The Kier molecular flexibility index (Phi) is 5.90. The van der Waals surface area contributed by atoms with Gasteiger partial charge in [-0.05, 0) is 37.6 Å². The van der Waals surface area contributed by atoms with Crippen molar-refractivity contribution in [1.82, 2.24) is 0 Å². The van der Waals surface area contributed by atoms with E-state index < -0.39 is 0 Å². The van der Waals surface area contributed by atoms with Crippen molar-refractivity contribution < 1.29 is 4.79 Å². The standard InChI is InChI=1S/C12H17ClN2O/c13-10-5-4-6-11(9-10)15-12(16)7-2-1-3-8-14/h4-6,9H,1-3,7-8,14H2,(H,15,16). The summed E-state index contributed by atoms with van der Waals surface area (Å²) in [5.41, 5.74) is 6.12. The third-order valence-corrected chi connectivity index (χ3v) is 2.45. The minimum Gasteiger partial charge on any atom is -0.330 e. The van der Waals surface area contributed by atoms with Gasteiger partial charge in [-0.15, -0.1) is 0 Å². The number of nitrogens with two attached hydrogens (primary N) is 1. The Morgan fingerprint density at radius 1 is 1.31 bits per heavy atom. The normalized spacial score (nSPS) is 10.1. The van der Waals surface area contributed by atoms with Gasteiger partial charge >= 0.3 is 0 Å². The first-order valence-corrected chi connectivity index (χ1v) is 5.85. The first-order chi connectivity index (χ1) is 7.72. The van der Waals surface area contributed by atoms with E-state index in [9.17, 15) is 4.79 Å². The maximum absolute atomic E-state index is 11.5. The lowest BCUT2D eigenvalue weighted by atomic mass is 10.2. The van der Waals surface area contributed by atoms with Gasteiger partial charge in [0.25, 0.3) is 0 Å². The predicted octanol–water partition coefficient (Wildman–Crippen LogP) is 2.80. The molecule has 0 bridgehead atoms. The van der Waals surface area contributed by atoms with Crippen LogP contribution < -0.4 is 11.1 Å². The minimum atomic E-state index is 0.0271. The molecule has 0 radical (unpaired) electrons. The molecule has 0 saturated heterocycles. The second kappa shape index (κ2) is 7.25. The molecule has 0 aliphatic rings. The molecule has 0 unspecified atom stereocenters. The maximum Gasteiger partial charge on any atom is 0.224 e. The molecule has 0 fully saturated rings. The summed E-state index contributed by atoms with van der Waals surface area (Å²) in [5, 5.41) is 3.43. The smallest absolute Gasteiger partial charge is 0.224 e. The van der Waals surface area contributed by atoms with E-state index in [0.717, 1.165) is 24.9 Å². The van der Waals surface area contributed by atoms with Crippen molar-refractivity contribution in [3.63, 3.8) is 0 Å². The highest BCUT2D eigenvalue weighted by Crippen LogP contribution is 2.15. The SMILES string of the molecule is NCCCCCC(=O)Nc1cccc(Cl)c1. The molecule has 0 aliphatic carbocycles. The average molecular weight is 241 g/mol. The van der Waals surface area contributed by atoms with Crippen LogP contribution in [0.25, 0.3) is 0 Å². The lowest BCUT2D eigenvalue weighted by molar-refractivity contribution is -0.116. The summed E-state index contributed by atoms with van der Waals surface area (Å²) in [4.78, 5) is 11.5. The quantitative estimate of drug-likeness (QED) is 0.752. The molecule has 1 aromatic carbocycles. The molecule has 16 heavy (non-hydrogen) atoms. The van der Waals surface area contributed by atoms with E-state index in [0.29, 0.717) is 18.0 Å².